The van der Waals surface area contributed by atoms with Crippen LogP contribution in [0.4, 0.5) is 0 Å². The lowest BCUT2D eigenvalue weighted by atomic mass is 10.1. The number of aryl methyl sites for hydroxylation is 1. The molecule has 1 unspecified atom stereocenters. The van der Waals surface area contributed by atoms with Gasteiger partial charge in [0.05, 0.1) is 11.2 Å². The van der Waals surface area contributed by atoms with Crippen LogP contribution in [0.3, 0.4) is 0 Å². The highest BCUT2D eigenvalue weighted by molar-refractivity contribution is 7.09. The Balaban J connectivity index is 1.42. The Bertz CT molecular complexity index is 686. The molecule has 2 heterocycles. The van der Waals surface area contributed by atoms with E-state index in [2.05, 4.69) is 28.2 Å². The standard InChI is InChI=1S/C21H31N3O2S/c1-17-21(27-16-23-17)9-10-22-13-18-7-3-4-8-20(18)26-15-19(25)14-24-11-5-2-6-12-24/h3-4,7-8,16,19,22,25H,2,5-6,9-15H2,1H3. The van der Waals surface area contributed by atoms with Crippen LogP contribution in [-0.2, 0) is 13.0 Å². The quantitative estimate of drug-likeness (QED) is 0.612. The third-order valence-electron chi connectivity index (χ3n) is 5.01. The topological polar surface area (TPSA) is 57.6 Å². The zero-order valence-electron chi connectivity index (χ0n) is 16.2. The Hall–Kier alpha value is -1.47. The minimum atomic E-state index is -0.446. The van der Waals surface area contributed by atoms with Crippen molar-refractivity contribution in [2.75, 3.05) is 32.8 Å². The Morgan fingerprint density at radius 3 is 2.85 bits per heavy atom. The predicted molar refractivity (Wildman–Crippen MR) is 110 cm³/mol. The van der Waals surface area contributed by atoms with E-state index in [1.54, 1.807) is 11.3 Å². The number of benzene rings is 1. The highest BCUT2D eigenvalue weighted by Gasteiger charge is 2.15. The highest BCUT2D eigenvalue weighted by atomic mass is 32.1. The van der Waals surface area contributed by atoms with Gasteiger partial charge in [-0.3, -0.25) is 0 Å². The van der Waals surface area contributed by atoms with Crippen molar-refractivity contribution in [2.45, 2.75) is 45.3 Å². The molecule has 0 aliphatic carbocycles. The fourth-order valence-electron chi connectivity index (χ4n) is 3.46. The smallest absolute Gasteiger partial charge is 0.123 e. The average molecular weight is 390 g/mol. The van der Waals surface area contributed by atoms with Gasteiger partial charge >= 0.3 is 0 Å². The summed E-state index contributed by atoms with van der Waals surface area (Å²) in [6.45, 7) is 6.96. The molecular formula is C21H31N3O2S. The van der Waals surface area contributed by atoms with E-state index in [-0.39, 0.29) is 0 Å². The zero-order chi connectivity index (χ0) is 18.9. The molecule has 6 heteroatoms. The van der Waals surface area contributed by atoms with Gasteiger partial charge in [-0.15, -0.1) is 11.3 Å². The van der Waals surface area contributed by atoms with Gasteiger partial charge in [-0.25, -0.2) is 4.98 Å². The molecule has 1 atom stereocenters. The molecule has 1 aromatic heterocycles. The maximum atomic E-state index is 10.3. The molecule has 0 amide bonds. The molecule has 0 spiro atoms. The lowest BCUT2D eigenvalue weighted by Crippen LogP contribution is -2.38. The second-order valence-corrected chi connectivity index (χ2v) is 8.16. The fourth-order valence-corrected chi connectivity index (χ4v) is 4.24. The van der Waals surface area contributed by atoms with E-state index in [4.69, 9.17) is 4.74 Å². The molecular weight excluding hydrogens is 358 g/mol. The van der Waals surface area contributed by atoms with Crippen molar-refractivity contribution in [3.63, 3.8) is 0 Å². The van der Waals surface area contributed by atoms with Crippen molar-refractivity contribution in [1.82, 2.24) is 15.2 Å². The van der Waals surface area contributed by atoms with E-state index < -0.39 is 6.10 Å². The zero-order valence-corrected chi connectivity index (χ0v) is 17.0. The number of β-amino-alcohol motifs (C(OH)–C–C–N with tert-alkyl or cyclic N) is 1. The van der Waals surface area contributed by atoms with Crippen molar-refractivity contribution < 1.29 is 9.84 Å². The molecule has 3 rings (SSSR count). The average Bonchev–Trinajstić information content (AvgIpc) is 3.10. The summed E-state index contributed by atoms with van der Waals surface area (Å²) in [5, 5.41) is 13.8. The van der Waals surface area contributed by atoms with E-state index in [1.807, 2.05) is 23.7 Å². The number of rotatable bonds is 10. The normalized spacial score (nSPS) is 16.4. The van der Waals surface area contributed by atoms with Gasteiger partial charge < -0.3 is 20.1 Å². The summed E-state index contributed by atoms with van der Waals surface area (Å²) in [6, 6.07) is 8.08. The number of aromatic nitrogens is 1. The summed E-state index contributed by atoms with van der Waals surface area (Å²) < 4.78 is 5.94. The van der Waals surface area contributed by atoms with E-state index in [0.29, 0.717) is 13.2 Å². The summed E-state index contributed by atoms with van der Waals surface area (Å²) in [6.07, 6.45) is 4.34. The monoisotopic (exact) mass is 389 g/mol. The lowest BCUT2D eigenvalue weighted by Gasteiger charge is -2.28. The summed E-state index contributed by atoms with van der Waals surface area (Å²) in [5.74, 6) is 0.858. The first-order valence-corrected chi connectivity index (χ1v) is 10.8. The van der Waals surface area contributed by atoms with E-state index >= 15 is 0 Å². The summed E-state index contributed by atoms with van der Waals surface area (Å²) in [7, 11) is 0. The van der Waals surface area contributed by atoms with Crippen molar-refractivity contribution in [1.29, 1.82) is 0 Å². The Morgan fingerprint density at radius 1 is 1.26 bits per heavy atom. The summed E-state index contributed by atoms with van der Waals surface area (Å²) >= 11 is 1.72. The molecule has 2 aromatic rings. The molecule has 2 N–H and O–H groups in total. The molecule has 0 radical (unpaired) electrons. The molecule has 1 aliphatic heterocycles. The minimum Gasteiger partial charge on any atom is -0.491 e. The summed E-state index contributed by atoms with van der Waals surface area (Å²) in [4.78, 5) is 7.97. The van der Waals surface area contributed by atoms with Crippen LogP contribution < -0.4 is 10.1 Å². The maximum Gasteiger partial charge on any atom is 0.123 e. The van der Waals surface area contributed by atoms with Gasteiger partial charge in [0.25, 0.3) is 0 Å². The Morgan fingerprint density at radius 2 is 2.07 bits per heavy atom. The second kappa shape index (κ2) is 10.8. The van der Waals surface area contributed by atoms with Crippen molar-refractivity contribution in [3.8, 4) is 5.75 Å². The number of thiazole rings is 1. The van der Waals surface area contributed by atoms with Gasteiger partial charge in [-0.05, 0) is 45.3 Å². The predicted octanol–water partition coefficient (Wildman–Crippen LogP) is 3.01. The summed E-state index contributed by atoms with van der Waals surface area (Å²) in [5.41, 5.74) is 4.17. The molecule has 0 saturated carbocycles. The van der Waals surface area contributed by atoms with Gasteiger partial charge in [0, 0.05) is 30.1 Å². The molecule has 1 aliphatic rings. The van der Waals surface area contributed by atoms with E-state index in [9.17, 15) is 5.11 Å². The van der Waals surface area contributed by atoms with Crippen molar-refractivity contribution >= 4 is 11.3 Å². The third-order valence-corrected chi connectivity index (χ3v) is 6.01. The number of hydrogen-bond donors (Lipinski definition) is 2. The molecule has 148 valence electrons. The first kappa shape index (κ1) is 20.3. The molecule has 1 saturated heterocycles. The SMILES string of the molecule is Cc1ncsc1CCNCc1ccccc1OCC(O)CN1CCCCC1. The maximum absolute atomic E-state index is 10.3. The molecule has 1 fully saturated rings. The number of nitrogens with zero attached hydrogens (tertiary/aromatic N) is 2. The van der Waals surface area contributed by atoms with Crippen LogP contribution in [0.5, 0.6) is 5.75 Å². The van der Waals surface area contributed by atoms with Crippen LogP contribution in [0.1, 0.15) is 35.4 Å². The number of piperidine rings is 1. The Labute approximate surface area is 166 Å². The van der Waals surface area contributed by atoms with Crippen molar-refractivity contribution in [2.24, 2.45) is 0 Å². The minimum absolute atomic E-state index is 0.341. The van der Waals surface area contributed by atoms with Gasteiger partial charge in [0.2, 0.25) is 0 Å². The molecule has 0 bridgehead atoms. The number of hydrogen-bond acceptors (Lipinski definition) is 6. The number of aliphatic hydroxyl groups is 1. The van der Waals surface area contributed by atoms with Crippen molar-refractivity contribution in [3.05, 3.63) is 45.9 Å². The number of ether oxygens (including phenoxy) is 1. The number of likely N-dealkylation sites (tertiary alicyclic amines) is 1. The van der Waals surface area contributed by atoms with E-state index in [0.717, 1.165) is 49.6 Å². The number of nitrogens with one attached hydrogen (secondary N) is 1. The van der Waals surface area contributed by atoms with Gasteiger partial charge in [-0.2, -0.15) is 0 Å². The first-order valence-electron chi connectivity index (χ1n) is 9.93. The second-order valence-electron chi connectivity index (χ2n) is 7.22. The Kier molecular flexibility index (Phi) is 8.08. The van der Waals surface area contributed by atoms with Gasteiger partial charge in [0.1, 0.15) is 18.5 Å². The van der Waals surface area contributed by atoms with Crippen LogP contribution in [0.2, 0.25) is 0 Å². The first-order chi connectivity index (χ1) is 13.2. The van der Waals surface area contributed by atoms with Gasteiger partial charge in [0.15, 0.2) is 0 Å². The van der Waals surface area contributed by atoms with Crippen LogP contribution in [0.25, 0.3) is 0 Å². The van der Waals surface area contributed by atoms with Crippen LogP contribution >= 0.6 is 11.3 Å². The fraction of sp³-hybridized carbons (Fsp3) is 0.571. The number of aliphatic hydroxyl groups excluding tert-OH is 1. The van der Waals surface area contributed by atoms with Crippen LogP contribution in [0.15, 0.2) is 29.8 Å². The molecule has 27 heavy (non-hydrogen) atoms. The molecule has 5 nitrogen and oxygen atoms in total. The lowest BCUT2D eigenvalue weighted by molar-refractivity contribution is 0.0614. The largest absolute Gasteiger partial charge is 0.491 e. The van der Waals surface area contributed by atoms with E-state index in [1.165, 1.54) is 24.1 Å². The van der Waals surface area contributed by atoms with Crippen LogP contribution in [0, 0.1) is 6.92 Å². The van der Waals surface area contributed by atoms with Gasteiger partial charge in [-0.1, -0.05) is 24.6 Å². The highest BCUT2D eigenvalue weighted by Crippen LogP contribution is 2.19. The number of para-hydroxylation sites is 1. The van der Waals surface area contributed by atoms with Crippen LogP contribution in [-0.4, -0.2) is 53.9 Å². The third kappa shape index (κ3) is 6.57. The molecule has 1 aromatic carbocycles.